The van der Waals surface area contributed by atoms with Gasteiger partial charge in [0.1, 0.15) is 0 Å². The molecule has 1 heterocycles. The molecule has 0 aliphatic carbocycles. The van der Waals surface area contributed by atoms with Crippen LogP contribution in [0.1, 0.15) is 13.8 Å². The molecule has 0 spiro atoms. The molecule has 0 aromatic heterocycles. The molecule has 6 nitrogen and oxygen atoms in total. The zero-order valence-corrected chi connectivity index (χ0v) is 18.4. The fourth-order valence-electron chi connectivity index (χ4n) is 1.17. The normalized spacial score (nSPS) is 35.6. The number of hydrogen-bond acceptors (Lipinski definition) is 6. The van der Waals surface area contributed by atoms with Crippen LogP contribution < -0.4 is 10.2 Å². The molecular weight excluding hydrogens is 469 g/mol. The monoisotopic (exact) mass is 478 g/mol. The van der Waals surface area contributed by atoms with Crippen molar-refractivity contribution in [2.75, 3.05) is 13.1 Å². The molecule has 0 saturated heterocycles. The van der Waals surface area contributed by atoms with Crippen LogP contribution in [0.4, 0.5) is 0 Å². The van der Waals surface area contributed by atoms with Gasteiger partial charge >= 0.3 is 0 Å². The van der Waals surface area contributed by atoms with Crippen molar-refractivity contribution in [3.8, 4) is 0 Å². The minimum Gasteiger partial charge on any atom is -0.254 e. The highest BCUT2D eigenvalue weighted by atomic mass is 35.9. The summed E-state index contributed by atoms with van der Waals surface area (Å²) in [5.74, 6) is -6.30. The zero-order valence-electron chi connectivity index (χ0n) is 10.3. The quantitative estimate of drug-likeness (QED) is 0.396. The summed E-state index contributed by atoms with van der Waals surface area (Å²) < 4.78 is 16.6. The lowest BCUT2D eigenvalue weighted by molar-refractivity contribution is 1.01. The summed E-state index contributed by atoms with van der Waals surface area (Å²) in [6.07, 6.45) is 0. The van der Waals surface area contributed by atoms with Gasteiger partial charge in [0.2, 0.25) is 13.4 Å². The molecule has 1 aliphatic heterocycles. The Bertz CT molecular complexity index is 536. The molecule has 0 aromatic carbocycles. The Labute approximate surface area is 147 Å². The van der Waals surface area contributed by atoms with Crippen LogP contribution in [0.25, 0.3) is 0 Å². The van der Waals surface area contributed by atoms with E-state index in [9.17, 15) is 0 Å². The standard InChI is InChI=1S/C4H12Cl6N6P4/c1-3-11-19(9)13-17(5,6)15-20(10,12-4-2)16-18(7,8)14-19/h11-12H,3-4H2,1-2H3/t19-,20-. The third-order valence-electron chi connectivity index (χ3n) is 1.62. The van der Waals surface area contributed by atoms with Gasteiger partial charge in [-0.25, -0.2) is 0 Å². The van der Waals surface area contributed by atoms with E-state index < -0.39 is 25.2 Å². The number of rotatable bonds is 4. The van der Waals surface area contributed by atoms with E-state index in [1.54, 1.807) is 0 Å². The summed E-state index contributed by atoms with van der Waals surface area (Å²) in [5, 5.41) is 5.78. The lowest BCUT2D eigenvalue weighted by Gasteiger charge is -2.23. The summed E-state index contributed by atoms with van der Waals surface area (Å²) in [4.78, 5) is 0. The number of nitrogens with one attached hydrogen (secondary N) is 2. The highest BCUT2D eigenvalue weighted by Crippen LogP contribution is 2.84. The van der Waals surface area contributed by atoms with Crippen molar-refractivity contribution >= 4 is 92.7 Å². The maximum Gasteiger partial charge on any atom is 0.257 e. The van der Waals surface area contributed by atoms with Gasteiger partial charge in [-0.05, 0) is 67.4 Å². The Kier molecular flexibility index (Phi) is 7.88. The summed E-state index contributed by atoms with van der Waals surface area (Å²) in [6.45, 7) is -1.31. The zero-order chi connectivity index (χ0) is 15.7. The first kappa shape index (κ1) is 20.6. The van der Waals surface area contributed by atoms with E-state index in [0.717, 1.165) is 0 Å². The van der Waals surface area contributed by atoms with E-state index >= 15 is 0 Å². The SMILES string of the molecule is CCN[P@]1(Cl)=NP(Cl)(Cl)=N[P@@](Cl)(NCC)=NP(Cl)(Cl)=N1. The minimum atomic E-state index is -3.15. The van der Waals surface area contributed by atoms with Crippen molar-refractivity contribution in [3.05, 3.63) is 0 Å². The summed E-state index contributed by atoms with van der Waals surface area (Å²) in [6, 6.07) is 0. The highest BCUT2D eigenvalue weighted by molar-refractivity contribution is 8.19. The van der Waals surface area contributed by atoms with E-state index in [1.807, 2.05) is 13.8 Å². The average Bonchev–Trinajstić information content (AvgIpc) is 2.09. The first-order valence-corrected chi connectivity index (χ1v) is 17.4. The maximum absolute atomic E-state index is 6.30. The van der Waals surface area contributed by atoms with Gasteiger partial charge < -0.3 is 0 Å². The number of hydrogen-bond donors (Lipinski definition) is 2. The molecule has 20 heavy (non-hydrogen) atoms. The lowest BCUT2D eigenvalue weighted by Crippen LogP contribution is -2.05. The predicted octanol–water partition coefficient (Wildman–Crippen LogP) is 8.44. The van der Waals surface area contributed by atoms with Crippen molar-refractivity contribution in [2.24, 2.45) is 18.1 Å². The molecule has 0 bridgehead atoms. The first-order chi connectivity index (χ1) is 8.95. The molecule has 0 fully saturated rings. The van der Waals surface area contributed by atoms with Crippen LogP contribution in [0.15, 0.2) is 18.1 Å². The second kappa shape index (κ2) is 7.64. The molecule has 0 saturated carbocycles. The van der Waals surface area contributed by atoms with Crippen molar-refractivity contribution in [1.29, 1.82) is 0 Å². The van der Waals surface area contributed by atoms with Gasteiger partial charge in [0.05, 0.1) is 0 Å². The predicted molar refractivity (Wildman–Crippen MR) is 99.9 cm³/mol. The number of nitrogens with zero attached hydrogens (tertiary/aromatic N) is 4. The molecular formula is C4H12Cl6N6P4. The van der Waals surface area contributed by atoms with Gasteiger partial charge in [-0.2, -0.15) is 18.1 Å². The van der Waals surface area contributed by atoms with Gasteiger partial charge in [0.25, 0.3) is 11.8 Å². The summed E-state index contributed by atoms with van der Waals surface area (Å²) in [7, 11) is 0. The fraction of sp³-hybridized carbons (Fsp3) is 1.00. The van der Waals surface area contributed by atoms with Gasteiger partial charge in [0, 0.05) is 13.1 Å². The maximum atomic E-state index is 6.30. The average molecular weight is 481 g/mol. The minimum absolute atomic E-state index is 0.486. The van der Waals surface area contributed by atoms with Gasteiger partial charge in [-0.3, -0.25) is 10.2 Å². The third-order valence-corrected chi connectivity index (χ3v) is 18.3. The van der Waals surface area contributed by atoms with Crippen LogP contribution in [-0.4, -0.2) is 13.1 Å². The molecule has 0 radical (unpaired) electrons. The second-order valence-electron chi connectivity index (χ2n) is 3.34. The molecule has 1 aliphatic rings. The Morgan fingerprint density at radius 2 is 0.950 bits per heavy atom. The first-order valence-electron chi connectivity index (χ1n) is 5.18. The van der Waals surface area contributed by atoms with E-state index in [4.69, 9.17) is 67.4 Å². The van der Waals surface area contributed by atoms with E-state index in [1.165, 1.54) is 0 Å². The van der Waals surface area contributed by atoms with E-state index in [0.29, 0.717) is 13.1 Å². The van der Waals surface area contributed by atoms with Crippen molar-refractivity contribution in [3.63, 3.8) is 0 Å². The largest absolute Gasteiger partial charge is 0.257 e. The Balaban J connectivity index is 3.62. The van der Waals surface area contributed by atoms with Crippen molar-refractivity contribution in [1.82, 2.24) is 10.2 Å². The van der Waals surface area contributed by atoms with Crippen molar-refractivity contribution < 1.29 is 0 Å². The van der Waals surface area contributed by atoms with Gasteiger partial charge in [-0.1, -0.05) is 13.8 Å². The Morgan fingerprint density at radius 1 is 0.650 bits per heavy atom. The summed E-state index contributed by atoms with van der Waals surface area (Å²) in [5.41, 5.74) is 0. The van der Waals surface area contributed by atoms with Gasteiger partial charge in [-0.15, -0.1) is 0 Å². The fourth-order valence-corrected chi connectivity index (χ4v) is 23.2. The molecule has 2 atom stereocenters. The Morgan fingerprint density at radius 3 is 1.20 bits per heavy atom. The molecule has 1 rings (SSSR count). The second-order valence-corrected chi connectivity index (χ2v) is 20.3. The van der Waals surface area contributed by atoms with Crippen LogP contribution in [0.2, 0.25) is 0 Å². The van der Waals surface area contributed by atoms with Crippen LogP contribution in [0, 0.1) is 0 Å². The van der Waals surface area contributed by atoms with E-state index in [2.05, 4.69) is 28.2 Å². The molecule has 2 N–H and O–H groups in total. The summed E-state index contributed by atoms with van der Waals surface area (Å²) >= 11 is 37.2. The van der Waals surface area contributed by atoms with Crippen LogP contribution in [0.3, 0.4) is 0 Å². The highest BCUT2D eigenvalue weighted by Gasteiger charge is 2.32. The molecule has 0 amide bonds. The van der Waals surface area contributed by atoms with Crippen LogP contribution in [0.5, 0.6) is 0 Å². The third kappa shape index (κ3) is 6.60. The Hall–Kier alpha value is 2.58. The topological polar surface area (TPSA) is 73.5 Å². The molecule has 120 valence electrons. The van der Waals surface area contributed by atoms with Crippen molar-refractivity contribution in [2.45, 2.75) is 13.8 Å². The lowest BCUT2D eigenvalue weighted by atomic mass is 10.8. The van der Waals surface area contributed by atoms with Crippen LogP contribution in [-0.2, 0) is 0 Å². The number of halogens is 6. The van der Waals surface area contributed by atoms with Gasteiger partial charge in [0.15, 0.2) is 0 Å². The smallest absolute Gasteiger partial charge is 0.254 e. The molecule has 0 aromatic rings. The van der Waals surface area contributed by atoms with E-state index in [-0.39, 0.29) is 0 Å². The van der Waals surface area contributed by atoms with Crippen LogP contribution >= 0.6 is 92.7 Å². The molecule has 16 heteroatoms. The molecule has 0 unspecified atom stereocenters.